The summed E-state index contributed by atoms with van der Waals surface area (Å²) in [6.07, 6.45) is 1.61. The average molecular weight is 469 g/mol. The van der Waals surface area contributed by atoms with Gasteiger partial charge in [-0.2, -0.15) is 0 Å². The maximum atomic E-state index is 13.1. The molecule has 1 fully saturated rings. The molecule has 1 atom stereocenters. The van der Waals surface area contributed by atoms with Crippen molar-refractivity contribution in [3.63, 3.8) is 0 Å². The van der Waals surface area contributed by atoms with Gasteiger partial charge in [0.2, 0.25) is 0 Å². The molecule has 2 aromatic carbocycles. The van der Waals surface area contributed by atoms with Crippen molar-refractivity contribution in [3.8, 4) is 5.75 Å². The number of ether oxygens (including phenoxy) is 1. The van der Waals surface area contributed by atoms with Crippen molar-refractivity contribution in [3.05, 3.63) is 99.3 Å². The summed E-state index contributed by atoms with van der Waals surface area (Å²) in [6, 6.07) is 15.9. The van der Waals surface area contributed by atoms with Crippen molar-refractivity contribution in [2.45, 2.75) is 12.6 Å². The number of hydrogen-bond acceptors (Lipinski definition) is 5. The minimum absolute atomic E-state index is 0.0329. The Kier molecular flexibility index (Phi) is 6.17. The minimum Gasteiger partial charge on any atom is -0.507 e. The highest BCUT2D eigenvalue weighted by molar-refractivity contribution is 6.46. The van der Waals surface area contributed by atoms with E-state index in [1.165, 1.54) is 18.1 Å². The third kappa shape index (κ3) is 4.07. The smallest absolute Gasteiger partial charge is 0.296 e. The summed E-state index contributed by atoms with van der Waals surface area (Å²) in [5, 5.41) is 11.9. The molecule has 0 radical (unpaired) electrons. The third-order valence-corrected chi connectivity index (χ3v) is 5.76. The highest BCUT2D eigenvalue weighted by atomic mass is 35.5. The second kappa shape index (κ2) is 9.02. The van der Waals surface area contributed by atoms with Crippen molar-refractivity contribution >= 4 is 40.7 Å². The van der Waals surface area contributed by atoms with Gasteiger partial charge in [-0.25, -0.2) is 0 Å². The van der Waals surface area contributed by atoms with E-state index in [1.54, 1.807) is 60.8 Å². The number of benzene rings is 2. The van der Waals surface area contributed by atoms with E-state index in [0.717, 1.165) is 0 Å². The molecule has 32 heavy (non-hydrogen) atoms. The molecule has 1 N–H and O–H groups in total. The number of pyridine rings is 1. The lowest BCUT2D eigenvalue weighted by Crippen LogP contribution is -2.29. The van der Waals surface area contributed by atoms with Crippen molar-refractivity contribution in [1.29, 1.82) is 0 Å². The van der Waals surface area contributed by atoms with Gasteiger partial charge in [0.1, 0.15) is 11.5 Å². The molecule has 1 saturated heterocycles. The van der Waals surface area contributed by atoms with Crippen LogP contribution in [-0.4, -0.2) is 33.8 Å². The van der Waals surface area contributed by atoms with Crippen molar-refractivity contribution in [1.82, 2.24) is 9.88 Å². The van der Waals surface area contributed by atoms with Crippen molar-refractivity contribution < 1.29 is 19.4 Å². The van der Waals surface area contributed by atoms with Crippen LogP contribution in [0.5, 0.6) is 5.75 Å². The number of methoxy groups -OCH3 is 1. The number of halogens is 2. The Morgan fingerprint density at radius 2 is 1.84 bits per heavy atom. The SMILES string of the molecule is COc1ccc(/C(O)=C2/C(=O)C(=O)N(Cc3ccccn3)C2c2ccc(Cl)cc2)cc1Cl. The van der Waals surface area contributed by atoms with Gasteiger partial charge in [-0.15, -0.1) is 0 Å². The Hall–Kier alpha value is -3.35. The van der Waals surface area contributed by atoms with E-state index < -0.39 is 17.7 Å². The van der Waals surface area contributed by atoms with Gasteiger partial charge in [0.25, 0.3) is 11.7 Å². The lowest BCUT2D eigenvalue weighted by molar-refractivity contribution is -0.140. The van der Waals surface area contributed by atoms with Crippen LogP contribution in [0.15, 0.2) is 72.4 Å². The van der Waals surface area contributed by atoms with Gasteiger partial charge in [0, 0.05) is 16.8 Å². The number of ketones is 1. The van der Waals surface area contributed by atoms with E-state index in [0.29, 0.717) is 27.6 Å². The molecule has 1 aliphatic rings. The van der Waals surface area contributed by atoms with Crippen LogP contribution in [-0.2, 0) is 16.1 Å². The van der Waals surface area contributed by atoms with Gasteiger partial charge >= 0.3 is 0 Å². The van der Waals surface area contributed by atoms with Gasteiger partial charge in [0.05, 0.1) is 36.0 Å². The maximum Gasteiger partial charge on any atom is 0.296 e. The molecule has 0 saturated carbocycles. The Morgan fingerprint density at radius 3 is 2.47 bits per heavy atom. The molecular weight excluding hydrogens is 451 g/mol. The van der Waals surface area contributed by atoms with Gasteiger partial charge < -0.3 is 14.7 Å². The lowest BCUT2D eigenvalue weighted by atomic mass is 9.95. The van der Waals surface area contributed by atoms with Crippen LogP contribution >= 0.6 is 23.2 Å². The Labute approximate surface area is 194 Å². The topological polar surface area (TPSA) is 79.7 Å². The molecule has 1 aromatic heterocycles. The fourth-order valence-corrected chi connectivity index (χ4v) is 4.05. The molecular formula is C24H18Cl2N2O4. The van der Waals surface area contributed by atoms with Crippen LogP contribution in [0.25, 0.3) is 5.76 Å². The molecule has 0 bridgehead atoms. The van der Waals surface area contributed by atoms with Gasteiger partial charge in [-0.3, -0.25) is 14.6 Å². The fraction of sp³-hybridized carbons (Fsp3) is 0.125. The largest absolute Gasteiger partial charge is 0.507 e. The first-order chi connectivity index (χ1) is 15.4. The molecule has 3 aromatic rings. The predicted molar refractivity (Wildman–Crippen MR) is 122 cm³/mol. The van der Waals surface area contributed by atoms with E-state index in [1.807, 2.05) is 0 Å². The zero-order chi connectivity index (χ0) is 22.8. The van der Waals surface area contributed by atoms with E-state index in [2.05, 4.69) is 4.98 Å². The summed E-state index contributed by atoms with van der Waals surface area (Å²) in [5.41, 5.74) is 1.51. The van der Waals surface area contributed by atoms with Crippen LogP contribution in [0.4, 0.5) is 0 Å². The third-order valence-electron chi connectivity index (χ3n) is 5.21. The average Bonchev–Trinajstić information content (AvgIpc) is 3.04. The van der Waals surface area contributed by atoms with Gasteiger partial charge in [0.15, 0.2) is 0 Å². The normalized spacial score (nSPS) is 17.6. The lowest BCUT2D eigenvalue weighted by Gasteiger charge is -2.25. The zero-order valence-corrected chi connectivity index (χ0v) is 18.5. The van der Waals surface area contributed by atoms with Gasteiger partial charge in [-0.1, -0.05) is 41.4 Å². The standard InChI is InChI=1S/C24H18Cl2N2O4/c1-32-19-10-7-15(12-18(19)26)22(29)20-21(14-5-8-16(25)9-6-14)28(24(31)23(20)30)13-17-4-2-3-11-27-17/h2-12,21,29H,13H2,1H3/b22-20-. The number of amides is 1. The highest BCUT2D eigenvalue weighted by Crippen LogP contribution is 2.41. The fourth-order valence-electron chi connectivity index (χ4n) is 3.67. The summed E-state index contributed by atoms with van der Waals surface area (Å²) in [7, 11) is 1.48. The number of aliphatic hydroxyl groups excluding tert-OH is 1. The molecule has 8 heteroatoms. The number of aliphatic hydroxyl groups is 1. The molecule has 4 rings (SSSR count). The number of aromatic nitrogens is 1. The predicted octanol–water partition coefficient (Wildman–Crippen LogP) is 5.02. The zero-order valence-electron chi connectivity index (χ0n) is 17.0. The van der Waals surface area contributed by atoms with E-state index in [4.69, 9.17) is 27.9 Å². The number of carbonyl (C=O) groups is 2. The summed E-state index contributed by atoms with van der Waals surface area (Å²) in [6.45, 7) is 0.0961. The van der Waals surface area contributed by atoms with Crippen LogP contribution in [0, 0.1) is 0 Å². The second-order valence-corrected chi connectivity index (χ2v) is 7.99. The molecule has 2 heterocycles. The Morgan fingerprint density at radius 1 is 1.09 bits per heavy atom. The first-order valence-electron chi connectivity index (χ1n) is 9.68. The van der Waals surface area contributed by atoms with Crippen molar-refractivity contribution in [2.75, 3.05) is 7.11 Å². The quantitative estimate of drug-likeness (QED) is 0.323. The summed E-state index contributed by atoms with van der Waals surface area (Å²) in [4.78, 5) is 31.7. The molecule has 0 spiro atoms. The van der Waals surface area contributed by atoms with Gasteiger partial charge in [-0.05, 0) is 48.0 Å². The number of nitrogens with zero attached hydrogens (tertiary/aromatic N) is 2. The summed E-state index contributed by atoms with van der Waals surface area (Å²) in [5.74, 6) is -1.41. The van der Waals surface area contributed by atoms with Crippen LogP contribution in [0.3, 0.4) is 0 Å². The van der Waals surface area contributed by atoms with Crippen LogP contribution < -0.4 is 4.74 Å². The van der Waals surface area contributed by atoms with Crippen molar-refractivity contribution in [2.24, 2.45) is 0 Å². The number of Topliss-reactive ketones (excluding diaryl/α,β-unsaturated/α-hetero) is 1. The molecule has 162 valence electrons. The number of carbonyl (C=O) groups excluding carboxylic acids is 2. The highest BCUT2D eigenvalue weighted by Gasteiger charge is 2.46. The molecule has 1 unspecified atom stereocenters. The number of likely N-dealkylation sites (tertiary alicyclic amines) is 1. The molecule has 0 aliphatic carbocycles. The first-order valence-corrected chi connectivity index (χ1v) is 10.4. The van der Waals surface area contributed by atoms with Crippen LogP contribution in [0.1, 0.15) is 22.9 Å². The first kappa shape index (κ1) is 21.9. The molecule has 6 nitrogen and oxygen atoms in total. The van der Waals surface area contributed by atoms with E-state index in [9.17, 15) is 14.7 Å². The second-order valence-electron chi connectivity index (χ2n) is 7.15. The molecule has 1 aliphatic heterocycles. The van der Waals surface area contributed by atoms with E-state index >= 15 is 0 Å². The van der Waals surface area contributed by atoms with E-state index in [-0.39, 0.29) is 22.9 Å². The Bertz CT molecular complexity index is 1210. The molecule has 1 amide bonds. The summed E-state index contributed by atoms with van der Waals surface area (Å²) < 4.78 is 5.15. The van der Waals surface area contributed by atoms with Crippen LogP contribution in [0.2, 0.25) is 10.0 Å². The minimum atomic E-state index is -0.824. The monoisotopic (exact) mass is 468 g/mol. The summed E-state index contributed by atoms with van der Waals surface area (Å²) >= 11 is 12.2. The Balaban J connectivity index is 1.86. The number of hydrogen-bond donors (Lipinski definition) is 1. The number of rotatable bonds is 5. The maximum absolute atomic E-state index is 13.1.